The summed E-state index contributed by atoms with van der Waals surface area (Å²) >= 11 is 0. The SMILES string of the molecule is CC(C)N1C(=O)C2(CCCCC2)C1C(=O)NCCCN1CCCCC1. The normalized spacial score (nSPS) is 26.8. The summed E-state index contributed by atoms with van der Waals surface area (Å²) in [5.74, 6) is 0.296. The molecule has 2 aliphatic heterocycles. The smallest absolute Gasteiger partial charge is 0.243 e. The van der Waals surface area contributed by atoms with Crippen molar-refractivity contribution in [3.8, 4) is 0 Å². The molecule has 2 amide bonds. The number of carbonyl (C=O) groups excluding carboxylic acids is 2. The van der Waals surface area contributed by atoms with Crippen molar-refractivity contribution in [2.45, 2.75) is 83.7 Å². The van der Waals surface area contributed by atoms with E-state index in [0.29, 0.717) is 0 Å². The Morgan fingerprint density at radius 2 is 1.76 bits per heavy atom. The fourth-order valence-electron chi connectivity index (χ4n) is 5.07. The molecular formula is C20H35N3O2. The highest BCUT2D eigenvalue weighted by atomic mass is 16.2. The van der Waals surface area contributed by atoms with Gasteiger partial charge in [0.1, 0.15) is 6.04 Å². The second-order valence-electron chi connectivity index (χ2n) is 8.47. The van der Waals surface area contributed by atoms with Crippen LogP contribution >= 0.6 is 0 Å². The molecule has 5 nitrogen and oxygen atoms in total. The first kappa shape index (κ1) is 18.7. The van der Waals surface area contributed by atoms with Crippen LogP contribution in [0.15, 0.2) is 0 Å². The summed E-state index contributed by atoms with van der Waals surface area (Å²) in [6.07, 6.45) is 10.1. The molecule has 1 spiro atoms. The lowest BCUT2D eigenvalue weighted by atomic mass is 9.61. The quantitative estimate of drug-likeness (QED) is 0.592. The Morgan fingerprint density at radius 1 is 1.12 bits per heavy atom. The third-order valence-corrected chi connectivity index (χ3v) is 6.41. The first-order valence-electron chi connectivity index (χ1n) is 10.4. The average Bonchev–Trinajstić information content (AvgIpc) is 2.63. The minimum atomic E-state index is -0.389. The van der Waals surface area contributed by atoms with Gasteiger partial charge < -0.3 is 15.1 Å². The van der Waals surface area contributed by atoms with Crippen LogP contribution in [-0.4, -0.2) is 59.9 Å². The Morgan fingerprint density at radius 3 is 2.40 bits per heavy atom. The van der Waals surface area contributed by atoms with E-state index in [-0.39, 0.29) is 29.3 Å². The number of β-lactam (4-membered cyclic amide) rings is 1. The minimum absolute atomic E-state index is 0.0776. The highest BCUT2D eigenvalue weighted by molar-refractivity contribution is 6.02. The largest absolute Gasteiger partial charge is 0.354 e. The minimum Gasteiger partial charge on any atom is -0.354 e. The summed E-state index contributed by atoms with van der Waals surface area (Å²) in [4.78, 5) is 30.0. The van der Waals surface area contributed by atoms with Crippen LogP contribution in [0.4, 0.5) is 0 Å². The van der Waals surface area contributed by atoms with Gasteiger partial charge in [-0.25, -0.2) is 0 Å². The lowest BCUT2D eigenvalue weighted by Gasteiger charge is -2.58. The van der Waals surface area contributed by atoms with E-state index in [0.717, 1.165) is 45.2 Å². The van der Waals surface area contributed by atoms with Gasteiger partial charge in [0.25, 0.3) is 0 Å². The lowest BCUT2D eigenvalue weighted by Crippen LogP contribution is -2.75. The molecule has 2 saturated heterocycles. The molecule has 5 heteroatoms. The zero-order chi connectivity index (χ0) is 17.9. The van der Waals surface area contributed by atoms with E-state index in [4.69, 9.17) is 0 Å². The van der Waals surface area contributed by atoms with Crippen molar-refractivity contribution in [2.24, 2.45) is 5.41 Å². The third-order valence-electron chi connectivity index (χ3n) is 6.41. The van der Waals surface area contributed by atoms with Gasteiger partial charge in [0.2, 0.25) is 11.8 Å². The van der Waals surface area contributed by atoms with Crippen molar-refractivity contribution in [3.63, 3.8) is 0 Å². The fraction of sp³-hybridized carbons (Fsp3) is 0.900. The molecule has 1 N–H and O–H groups in total. The Hall–Kier alpha value is -1.10. The van der Waals surface area contributed by atoms with Gasteiger partial charge in [-0.2, -0.15) is 0 Å². The van der Waals surface area contributed by atoms with Crippen LogP contribution in [0.2, 0.25) is 0 Å². The van der Waals surface area contributed by atoms with Crippen LogP contribution in [0.1, 0.15) is 71.6 Å². The molecule has 1 unspecified atom stereocenters. The zero-order valence-electron chi connectivity index (χ0n) is 16.1. The number of likely N-dealkylation sites (tertiary alicyclic amines) is 2. The standard InChI is InChI=1S/C20H35N3O2/c1-16(2)23-17(20(19(23)25)10-5-3-6-11-20)18(24)21-12-9-15-22-13-7-4-8-14-22/h16-17H,3-15H2,1-2H3,(H,21,24). The zero-order valence-corrected chi connectivity index (χ0v) is 16.1. The van der Waals surface area contributed by atoms with Crippen LogP contribution in [-0.2, 0) is 9.59 Å². The van der Waals surface area contributed by atoms with Crippen molar-refractivity contribution in [1.82, 2.24) is 15.1 Å². The van der Waals surface area contributed by atoms with Gasteiger partial charge in [-0.15, -0.1) is 0 Å². The fourth-order valence-corrected chi connectivity index (χ4v) is 5.07. The molecular weight excluding hydrogens is 314 g/mol. The van der Waals surface area contributed by atoms with Gasteiger partial charge in [0.15, 0.2) is 0 Å². The molecule has 0 aromatic heterocycles. The molecule has 0 radical (unpaired) electrons. The lowest BCUT2D eigenvalue weighted by molar-refractivity contribution is -0.185. The van der Waals surface area contributed by atoms with Gasteiger partial charge in [0.05, 0.1) is 5.41 Å². The number of piperidine rings is 1. The summed E-state index contributed by atoms with van der Waals surface area (Å²) in [7, 11) is 0. The Balaban J connectivity index is 1.52. The van der Waals surface area contributed by atoms with Crippen molar-refractivity contribution < 1.29 is 9.59 Å². The van der Waals surface area contributed by atoms with Crippen molar-refractivity contribution >= 4 is 11.8 Å². The molecule has 1 aliphatic carbocycles. The Kier molecular flexibility index (Phi) is 6.03. The highest BCUT2D eigenvalue weighted by Crippen LogP contribution is 2.50. The van der Waals surface area contributed by atoms with Crippen molar-refractivity contribution in [1.29, 1.82) is 0 Å². The van der Waals surface area contributed by atoms with E-state index in [1.165, 1.54) is 38.8 Å². The average molecular weight is 350 g/mol. The van der Waals surface area contributed by atoms with Crippen LogP contribution < -0.4 is 5.32 Å². The van der Waals surface area contributed by atoms with Gasteiger partial charge in [-0.3, -0.25) is 9.59 Å². The van der Waals surface area contributed by atoms with E-state index >= 15 is 0 Å². The molecule has 3 aliphatic rings. The molecule has 1 saturated carbocycles. The Labute approximate surface area is 152 Å². The van der Waals surface area contributed by atoms with E-state index in [1.54, 1.807) is 0 Å². The first-order chi connectivity index (χ1) is 12.1. The number of amides is 2. The molecule has 2 heterocycles. The maximum absolute atomic E-state index is 12.9. The van der Waals surface area contributed by atoms with Crippen LogP contribution in [0, 0.1) is 5.41 Å². The molecule has 3 fully saturated rings. The number of hydrogen-bond acceptors (Lipinski definition) is 3. The molecule has 0 bridgehead atoms. The van der Waals surface area contributed by atoms with Crippen molar-refractivity contribution in [2.75, 3.05) is 26.2 Å². The Bertz CT molecular complexity index is 479. The summed E-state index contributed by atoms with van der Waals surface area (Å²) < 4.78 is 0. The second kappa shape index (κ2) is 8.07. The van der Waals surface area contributed by atoms with Gasteiger partial charge in [0, 0.05) is 12.6 Å². The van der Waals surface area contributed by atoms with Crippen molar-refractivity contribution in [3.05, 3.63) is 0 Å². The summed E-state index contributed by atoms with van der Waals surface area (Å²) in [6.45, 7) is 8.24. The van der Waals surface area contributed by atoms with Crippen LogP contribution in [0.3, 0.4) is 0 Å². The van der Waals surface area contributed by atoms with Crippen LogP contribution in [0.5, 0.6) is 0 Å². The number of nitrogens with one attached hydrogen (secondary N) is 1. The van der Waals surface area contributed by atoms with E-state index in [9.17, 15) is 9.59 Å². The summed E-state index contributed by atoms with van der Waals surface area (Å²) in [5.41, 5.74) is -0.389. The maximum atomic E-state index is 12.9. The number of nitrogens with zero attached hydrogens (tertiary/aromatic N) is 2. The molecule has 142 valence electrons. The second-order valence-corrected chi connectivity index (χ2v) is 8.47. The molecule has 0 aromatic rings. The monoisotopic (exact) mass is 349 g/mol. The van der Waals surface area contributed by atoms with E-state index < -0.39 is 0 Å². The summed E-state index contributed by atoms with van der Waals surface area (Å²) in [6, 6.07) is -0.139. The molecule has 25 heavy (non-hydrogen) atoms. The predicted molar refractivity (Wildman–Crippen MR) is 99.2 cm³/mol. The van der Waals surface area contributed by atoms with E-state index in [2.05, 4.69) is 10.2 Å². The van der Waals surface area contributed by atoms with E-state index in [1.807, 2.05) is 18.7 Å². The molecule has 3 rings (SSSR count). The highest BCUT2D eigenvalue weighted by Gasteiger charge is 2.63. The third kappa shape index (κ3) is 3.71. The number of rotatable bonds is 6. The summed E-state index contributed by atoms with van der Waals surface area (Å²) in [5, 5.41) is 3.14. The first-order valence-corrected chi connectivity index (χ1v) is 10.4. The van der Waals surface area contributed by atoms with Gasteiger partial charge >= 0.3 is 0 Å². The van der Waals surface area contributed by atoms with Gasteiger partial charge in [-0.1, -0.05) is 25.7 Å². The van der Waals surface area contributed by atoms with Gasteiger partial charge in [-0.05, 0) is 65.6 Å². The number of hydrogen-bond donors (Lipinski definition) is 1. The number of carbonyl (C=O) groups is 2. The molecule has 1 atom stereocenters. The maximum Gasteiger partial charge on any atom is 0.243 e. The predicted octanol–water partition coefficient (Wildman–Crippen LogP) is 2.55. The topological polar surface area (TPSA) is 52.7 Å². The van der Waals surface area contributed by atoms with Crippen LogP contribution in [0.25, 0.3) is 0 Å². The molecule has 0 aromatic carbocycles.